The van der Waals surface area contributed by atoms with Crippen molar-refractivity contribution >= 4 is 33.0 Å². The third-order valence-corrected chi connectivity index (χ3v) is 7.29. The van der Waals surface area contributed by atoms with Gasteiger partial charge in [0.15, 0.2) is 0 Å². The third kappa shape index (κ3) is 3.27. The number of nitrogens with one attached hydrogen (secondary N) is 2. The van der Waals surface area contributed by atoms with Gasteiger partial charge in [-0.25, -0.2) is 0 Å². The van der Waals surface area contributed by atoms with Crippen molar-refractivity contribution in [3.05, 3.63) is 47.5 Å². The first kappa shape index (κ1) is 16.2. The smallest absolute Gasteiger partial charge is 0.0519 e. The summed E-state index contributed by atoms with van der Waals surface area (Å²) >= 11 is 0. The van der Waals surface area contributed by atoms with Gasteiger partial charge in [-0.05, 0) is 47.9 Å². The first-order valence-corrected chi connectivity index (χ1v) is 10.9. The summed E-state index contributed by atoms with van der Waals surface area (Å²) in [6, 6.07) is 13.4. The van der Waals surface area contributed by atoms with E-state index in [4.69, 9.17) is 0 Å². The van der Waals surface area contributed by atoms with E-state index in [9.17, 15) is 0 Å². The highest BCUT2D eigenvalue weighted by Crippen LogP contribution is 2.46. The van der Waals surface area contributed by atoms with Crippen LogP contribution in [0.4, 0.5) is 11.4 Å². The molecule has 0 bridgehead atoms. The van der Waals surface area contributed by atoms with Gasteiger partial charge in [0.05, 0.1) is 11.4 Å². The third-order valence-electron chi connectivity index (χ3n) is 4.84. The molecule has 0 aromatic heterocycles. The van der Waals surface area contributed by atoms with Crippen LogP contribution in [-0.4, -0.2) is 13.1 Å². The largest absolute Gasteiger partial charge is 0.384 e. The Morgan fingerprint density at radius 3 is 1.67 bits per heavy atom. The summed E-state index contributed by atoms with van der Waals surface area (Å²) in [4.78, 5) is 2.71. The molecular formula is C20H24N2S2. The molecule has 2 nitrogen and oxygen atoms in total. The molecule has 4 heteroatoms. The Balaban J connectivity index is 1.54. The lowest BCUT2D eigenvalue weighted by atomic mass is 9.96. The fraction of sp³-hybridized carbons (Fsp3) is 0.400. The van der Waals surface area contributed by atoms with Gasteiger partial charge in [0.25, 0.3) is 0 Å². The van der Waals surface area contributed by atoms with Gasteiger partial charge in [0.2, 0.25) is 0 Å². The monoisotopic (exact) mass is 356 g/mol. The maximum Gasteiger partial charge on any atom is 0.0519 e. The molecule has 0 spiro atoms. The molecule has 0 aliphatic carbocycles. The Kier molecular flexibility index (Phi) is 4.68. The SMILES string of the molecule is CC1CNc2c(cccc2SSc2cccc3c2NCC(C)C3)C1. The predicted molar refractivity (Wildman–Crippen MR) is 107 cm³/mol. The average molecular weight is 357 g/mol. The summed E-state index contributed by atoms with van der Waals surface area (Å²) in [6.07, 6.45) is 2.36. The Hall–Kier alpha value is -1.26. The van der Waals surface area contributed by atoms with Crippen molar-refractivity contribution in [3.8, 4) is 0 Å². The molecule has 2 aliphatic rings. The van der Waals surface area contributed by atoms with E-state index < -0.39 is 0 Å². The van der Waals surface area contributed by atoms with Gasteiger partial charge in [-0.2, -0.15) is 0 Å². The molecule has 2 aromatic carbocycles. The number of hydrogen-bond acceptors (Lipinski definition) is 4. The summed E-state index contributed by atoms with van der Waals surface area (Å²) in [5, 5.41) is 7.27. The van der Waals surface area contributed by atoms with Crippen LogP contribution in [0.15, 0.2) is 46.2 Å². The molecule has 0 amide bonds. The van der Waals surface area contributed by atoms with Crippen LogP contribution in [0.1, 0.15) is 25.0 Å². The zero-order chi connectivity index (χ0) is 16.5. The maximum absolute atomic E-state index is 3.64. The molecule has 2 unspecified atom stereocenters. The van der Waals surface area contributed by atoms with Gasteiger partial charge in [0.1, 0.15) is 0 Å². The molecule has 2 heterocycles. The number of rotatable bonds is 3. The molecular weight excluding hydrogens is 332 g/mol. The lowest BCUT2D eigenvalue weighted by molar-refractivity contribution is 0.592. The van der Waals surface area contributed by atoms with Crippen LogP contribution in [0.5, 0.6) is 0 Å². The molecule has 0 saturated carbocycles. The van der Waals surface area contributed by atoms with Crippen molar-refractivity contribution < 1.29 is 0 Å². The van der Waals surface area contributed by atoms with Gasteiger partial charge in [-0.3, -0.25) is 0 Å². The fourth-order valence-electron chi connectivity index (χ4n) is 3.57. The minimum atomic E-state index is 0.720. The van der Waals surface area contributed by atoms with Gasteiger partial charge in [-0.1, -0.05) is 59.7 Å². The van der Waals surface area contributed by atoms with Crippen LogP contribution in [0, 0.1) is 11.8 Å². The van der Waals surface area contributed by atoms with Gasteiger partial charge in [0, 0.05) is 22.9 Å². The van der Waals surface area contributed by atoms with E-state index in [0.717, 1.165) is 24.9 Å². The molecule has 2 N–H and O–H groups in total. The van der Waals surface area contributed by atoms with E-state index >= 15 is 0 Å². The van der Waals surface area contributed by atoms with E-state index in [0.29, 0.717) is 0 Å². The Labute approximate surface area is 152 Å². The first-order chi connectivity index (χ1) is 11.7. The van der Waals surface area contributed by atoms with E-state index in [1.807, 2.05) is 21.6 Å². The topological polar surface area (TPSA) is 24.1 Å². The summed E-state index contributed by atoms with van der Waals surface area (Å²) in [6.45, 7) is 6.78. The molecule has 2 atom stereocenters. The maximum atomic E-state index is 3.64. The zero-order valence-electron chi connectivity index (χ0n) is 14.3. The summed E-state index contributed by atoms with van der Waals surface area (Å²) in [5.74, 6) is 1.44. The second-order valence-electron chi connectivity index (χ2n) is 7.13. The predicted octanol–water partition coefficient (Wildman–Crippen LogP) is 5.69. The lowest BCUT2D eigenvalue weighted by Crippen LogP contribution is -2.21. The van der Waals surface area contributed by atoms with E-state index in [1.165, 1.54) is 45.1 Å². The quantitative estimate of drug-likeness (QED) is 0.690. The fourth-order valence-corrected chi connectivity index (χ4v) is 5.96. The number of anilines is 2. The number of fused-ring (bicyclic) bond motifs is 2. The lowest BCUT2D eigenvalue weighted by Gasteiger charge is -2.26. The molecule has 0 fully saturated rings. The number of hydrogen-bond donors (Lipinski definition) is 2. The zero-order valence-corrected chi connectivity index (χ0v) is 15.9. The highest BCUT2D eigenvalue weighted by atomic mass is 33.1. The second kappa shape index (κ2) is 6.93. The standard InChI is InChI=1S/C20H24N2S2/c1-13-9-15-5-3-7-17(19(15)21-11-13)23-24-18-8-4-6-16-10-14(2)12-22-20(16)18/h3-8,13-14,21-22H,9-12H2,1-2H3. The van der Waals surface area contributed by atoms with Crippen molar-refractivity contribution in [2.24, 2.45) is 11.8 Å². The van der Waals surface area contributed by atoms with Crippen LogP contribution >= 0.6 is 21.6 Å². The minimum Gasteiger partial charge on any atom is -0.384 e. The Bertz CT molecular complexity index is 681. The summed E-state index contributed by atoms with van der Waals surface area (Å²) in [7, 11) is 3.75. The number of benzene rings is 2. The summed E-state index contributed by atoms with van der Waals surface area (Å²) < 4.78 is 0. The van der Waals surface area contributed by atoms with Crippen LogP contribution < -0.4 is 10.6 Å². The molecule has 0 radical (unpaired) electrons. The Morgan fingerprint density at radius 1 is 0.750 bits per heavy atom. The van der Waals surface area contributed by atoms with Crippen LogP contribution in [0.2, 0.25) is 0 Å². The van der Waals surface area contributed by atoms with Crippen LogP contribution in [0.25, 0.3) is 0 Å². The van der Waals surface area contributed by atoms with Gasteiger partial charge >= 0.3 is 0 Å². The first-order valence-electron chi connectivity index (χ1n) is 8.76. The molecule has 2 aliphatic heterocycles. The number of para-hydroxylation sites is 2. The van der Waals surface area contributed by atoms with Crippen molar-refractivity contribution in [3.63, 3.8) is 0 Å². The van der Waals surface area contributed by atoms with Crippen LogP contribution in [0.3, 0.4) is 0 Å². The van der Waals surface area contributed by atoms with Gasteiger partial charge in [-0.15, -0.1) is 0 Å². The van der Waals surface area contributed by atoms with Gasteiger partial charge < -0.3 is 10.6 Å². The highest BCUT2D eigenvalue weighted by Gasteiger charge is 2.20. The Morgan fingerprint density at radius 2 is 1.21 bits per heavy atom. The van der Waals surface area contributed by atoms with Crippen molar-refractivity contribution in [2.75, 3.05) is 23.7 Å². The normalized spacial score (nSPS) is 22.1. The van der Waals surface area contributed by atoms with E-state index in [2.05, 4.69) is 60.9 Å². The average Bonchev–Trinajstić information content (AvgIpc) is 2.59. The van der Waals surface area contributed by atoms with Crippen molar-refractivity contribution in [2.45, 2.75) is 36.5 Å². The molecule has 0 saturated heterocycles. The molecule has 4 rings (SSSR count). The molecule has 24 heavy (non-hydrogen) atoms. The highest BCUT2D eigenvalue weighted by molar-refractivity contribution is 8.76. The molecule has 126 valence electrons. The van der Waals surface area contributed by atoms with E-state index in [1.54, 1.807) is 0 Å². The second-order valence-corrected chi connectivity index (χ2v) is 9.34. The van der Waals surface area contributed by atoms with Crippen LogP contribution in [-0.2, 0) is 12.8 Å². The van der Waals surface area contributed by atoms with E-state index in [-0.39, 0.29) is 0 Å². The van der Waals surface area contributed by atoms with Crippen molar-refractivity contribution in [1.82, 2.24) is 0 Å². The summed E-state index contributed by atoms with van der Waals surface area (Å²) in [5.41, 5.74) is 5.61. The molecule has 2 aromatic rings. The van der Waals surface area contributed by atoms with Crippen molar-refractivity contribution in [1.29, 1.82) is 0 Å². The minimum absolute atomic E-state index is 0.720.